The Morgan fingerprint density at radius 1 is 1.43 bits per heavy atom. The minimum Gasteiger partial charge on any atom is -0.479 e. The molecule has 1 atom stereocenters. The number of rotatable bonds is 3. The van der Waals surface area contributed by atoms with Crippen LogP contribution in [0.1, 0.15) is 18.9 Å². The minimum absolute atomic E-state index is 0.483. The zero-order chi connectivity index (χ0) is 15.0. The average molecular weight is 322 g/mol. The lowest BCUT2D eigenvalue weighted by Gasteiger charge is -2.40. The highest BCUT2D eigenvalue weighted by atomic mass is 35.5. The fraction of sp³-hybridized carbons (Fsp3) is 0.312. The molecular weight excluding hydrogens is 306 g/mol. The van der Waals surface area contributed by atoms with Crippen LogP contribution in [0.25, 0.3) is 0 Å². The van der Waals surface area contributed by atoms with E-state index in [2.05, 4.69) is 0 Å². The number of halogens is 1. The number of allylic oxidation sites excluding steroid dienone is 1. The summed E-state index contributed by atoms with van der Waals surface area (Å²) >= 11 is 8.09. The van der Waals surface area contributed by atoms with Crippen LogP contribution in [0.3, 0.4) is 0 Å². The van der Waals surface area contributed by atoms with Crippen LogP contribution in [0.15, 0.2) is 47.0 Å². The summed E-state index contributed by atoms with van der Waals surface area (Å²) in [6.07, 6.45) is 4.93. The SMILES string of the molecule is CC(C(=O)O)(c1ccccc1Cl)N1C=CC2=C(CCS2)C1. The Balaban J connectivity index is 2.02. The third-order valence-corrected chi connectivity index (χ3v) is 5.64. The lowest BCUT2D eigenvalue weighted by Crippen LogP contribution is -2.48. The van der Waals surface area contributed by atoms with Crippen molar-refractivity contribution in [2.24, 2.45) is 0 Å². The quantitative estimate of drug-likeness (QED) is 0.917. The van der Waals surface area contributed by atoms with E-state index in [1.807, 2.05) is 41.1 Å². The number of carboxylic acids is 1. The summed E-state index contributed by atoms with van der Waals surface area (Å²) < 4.78 is 0. The molecule has 21 heavy (non-hydrogen) atoms. The van der Waals surface area contributed by atoms with Crippen molar-refractivity contribution in [3.8, 4) is 0 Å². The molecular formula is C16H16ClNO2S. The molecule has 1 unspecified atom stereocenters. The molecule has 0 aliphatic carbocycles. The van der Waals surface area contributed by atoms with Crippen LogP contribution in [0.2, 0.25) is 5.02 Å². The largest absolute Gasteiger partial charge is 0.479 e. The molecule has 1 N–H and O–H groups in total. The highest BCUT2D eigenvalue weighted by molar-refractivity contribution is 8.03. The lowest BCUT2D eigenvalue weighted by atomic mass is 9.89. The minimum atomic E-state index is -1.17. The molecule has 2 aliphatic heterocycles. The number of nitrogens with zero attached hydrogens (tertiary/aromatic N) is 1. The number of carbonyl (C=O) groups is 1. The summed E-state index contributed by atoms with van der Waals surface area (Å²) in [5.41, 5.74) is 0.779. The number of aliphatic carboxylic acids is 1. The molecule has 3 nitrogen and oxygen atoms in total. The maximum absolute atomic E-state index is 12.0. The predicted octanol–water partition coefficient (Wildman–Crippen LogP) is 3.86. The van der Waals surface area contributed by atoms with Gasteiger partial charge in [-0.25, -0.2) is 4.79 Å². The third-order valence-electron chi connectivity index (χ3n) is 4.17. The molecule has 1 aromatic carbocycles. The van der Waals surface area contributed by atoms with Gasteiger partial charge in [0.1, 0.15) is 0 Å². The fourth-order valence-corrected chi connectivity index (χ4v) is 4.22. The molecule has 2 aliphatic rings. The van der Waals surface area contributed by atoms with Gasteiger partial charge in [-0.3, -0.25) is 0 Å². The van der Waals surface area contributed by atoms with Crippen molar-refractivity contribution in [2.45, 2.75) is 18.9 Å². The van der Waals surface area contributed by atoms with Crippen molar-refractivity contribution in [1.82, 2.24) is 4.90 Å². The molecule has 5 heteroatoms. The van der Waals surface area contributed by atoms with Gasteiger partial charge in [0, 0.05) is 34.0 Å². The van der Waals surface area contributed by atoms with Crippen LogP contribution in [-0.4, -0.2) is 28.3 Å². The van der Waals surface area contributed by atoms with Crippen LogP contribution in [0, 0.1) is 0 Å². The first-order valence-electron chi connectivity index (χ1n) is 6.81. The van der Waals surface area contributed by atoms with Gasteiger partial charge in [0.25, 0.3) is 0 Å². The number of hydrogen-bond donors (Lipinski definition) is 1. The van der Waals surface area contributed by atoms with E-state index in [1.54, 1.807) is 19.1 Å². The molecule has 110 valence electrons. The normalized spacial score (nSPS) is 20.4. The summed E-state index contributed by atoms with van der Waals surface area (Å²) in [4.78, 5) is 15.2. The number of thioether (sulfide) groups is 1. The van der Waals surface area contributed by atoms with Gasteiger partial charge in [-0.15, -0.1) is 11.8 Å². The van der Waals surface area contributed by atoms with Gasteiger partial charge >= 0.3 is 5.97 Å². The topological polar surface area (TPSA) is 40.5 Å². The molecule has 0 saturated heterocycles. The van der Waals surface area contributed by atoms with Crippen LogP contribution < -0.4 is 0 Å². The Morgan fingerprint density at radius 2 is 2.19 bits per heavy atom. The number of carboxylic acid groups (broad SMARTS) is 1. The third kappa shape index (κ3) is 2.36. The molecule has 3 rings (SSSR count). The fourth-order valence-electron chi connectivity index (χ4n) is 2.80. The number of hydrogen-bond acceptors (Lipinski definition) is 3. The summed E-state index contributed by atoms with van der Waals surface area (Å²) in [5, 5.41) is 10.3. The lowest BCUT2D eigenvalue weighted by molar-refractivity contribution is -0.149. The Labute approximate surface area is 133 Å². The van der Waals surface area contributed by atoms with E-state index in [0.29, 0.717) is 17.1 Å². The van der Waals surface area contributed by atoms with Gasteiger partial charge in [-0.2, -0.15) is 0 Å². The molecule has 1 aromatic rings. The Bertz CT molecular complexity index is 655. The Hall–Kier alpha value is -1.39. The first-order chi connectivity index (χ1) is 10.0. The van der Waals surface area contributed by atoms with E-state index in [9.17, 15) is 9.90 Å². The second-order valence-corrected chi connectivity index (χ2v) is 6.91. The molecule has 0 aromatic heterocycles. The van der Waals surface area contributed by atoms with Crippen LogP contribution in [0.4, 0.5) is 0 Å². The monoisotopic (exact) mass is 321 g/mol. The van der Waals surface area contributed by atoms with E-state index < -0.39 is 11.5 Å². The molecule has 0 saturated carbocycles. The van der Waals surface area contributed by atoms with Gasteiger partial charge in [0.15, 0.2) is 5.54 Å². The number of benzene rings is 1. The molecule has 0 fully saturated rings. The predicted molar refractivity (Wildman–Crippen MR) is 86.4 cm³/mol. The van der Waals surface area contributed by atoms with Gasteiger partial charge in [0.2, 0.25) is 0 Å². The smallest absolute Gasteiger partial charge is 0.334 e. The van der Waals surface area contributed by atoms with Crippen molar-refractivity contribution in [1.29, 1.82) is 0 Å². The van der Waals surface area contributed by atoms with Gasteiger partial charge in [-0.1, -0.05) is 29.8 Å². The highest BCUT2D eigenvalue weighted by Gasteiger charge is 2.43. The molecule has 2 heterocycles. The van der Waals surface area contributed by atoms with Crippen LogP contribution in [-0.2, 0) is 10.3 Å². The van der Waals surface area contributed by atoms with Crippen molar-refractivity contribution in [2.75, 3.05) is 12.3 Å². The first kappa shape index (κ1) is 14.5. The summed E-state index contributed by atoms with van der Waals surface area (Å²) in [6.45, 7) is 2.36. The Kier molecular flexibility index (Phi) is 3.76. The second kappa shape index (κ2) is 5.43. The zero-order valence-corrected chi connectivity index (χ0v) is 13.2. The van der Waals surface area contributed by atoms with Crippen molar-refractivity contribution in [3.63, 3.8) is 0 Å². The van der Waals surface area contributed by atoms with E-state index in [0.717, 1.165) is 12.2 Å². The summed E-state index contributed by atoms with van der Waals surface area (Å²) in [5.74, 6) is 0.189. The van der Waals surface area contributed by atoms with E-state index in [1.165, 1.54) is 10.5 Å². The summed E-state index contributed by atoms with van der Waals surface area (Å²) in [7, 11) is 0. The first-order valence-corrected chi connectivity index (χ1v) is 8.18. The standard InChI is InChI=1S/C16H16ClNO2S/c1-16(15(19)20,12-4-2-3-5-13(12)17)18-8-6-14-11(10-18)7-9-21-14/h2-6,8H,7,9-10H2,1H3,(H,19,20). The van der Waals surface area contributed by atoms with Crippen molar-refractivity contribution < 1.29 is 9.90 Å². The maximum Gasteiger partial charge on any atom is 0.334 e. The Morgan fingerprint density at radius 3 is 2.90 bits per heavy atom. The molecule has 0 radical (unpaired) electrons. The maximum atomic E-state index is 12.0. The summed E-state index contributed by atoms with van der Waals surface area (Å²) in [6, 6.07) is 7.17. The van der Waals surface area contributed by atoms with E-state index in [-0.39, 0.29) is 0 Å². The van der Waals surface area contributed by atoms with E-state index >= 15 is 0 Å². The average Bonchev–Trinajstić information content (AvgIpc) is 2.94. The second-order valence-electron chi connectivity index (χ2n) is 5.37. The van der Waals surface area contributed by atoms with Crippen LogP contribution in [0.5, 0.6) is 0 Å². The highest BCUT2D eigenvalue weighted by Crippen LogP contribution is 2.41. The zero-order valence-electron chi connectivity index (χ0n) is 11.7. The molecule has 0 bridgehead atoms. The van der Waals surface area contributed by atoms with E-state index in [4.69, 9.17) is 11.6 Å². The van der Waals surface area contributed by atoms with Crippen molar-refractivity contribution in [3.05, 3.63) is 57.6 Å². The van der Waals surface area contributed by atoms with Gasteiger partial charge < -0.3 is 10.0 Å². The van der Waals surface area contributed by atoms with Gasteiger partial charge in [0.05, 0.1) is 0 Å². The van der Waals surface area contributed by atoms with Crippen LogP contribution >= 0.6 is 23.4 Å². The molecule has 0 amide bonds. The van der Waals surface area contributed by atoms with Gasteiger partial charge in [-0.05, 0) is 31.1 Å². The molecule has 0 spiro atoms. The van der Waals surface area contributed by atoms with Crippen molar-refractivity contribution >= 4 is 29.3 Å².